The van der Waals surface area contributed by atoms with E-state index >= 15 is 0 Å². The molecule has 0 aromatic carbocycles. The van der Waals surface area contributed by atoms with Crippen LogP contribution >= 0.6 is 0 Å². The van der Waals surface area contributed by atoms with Gasteiger partial charge in [0.25, 0.3) is 0 Å². The molecule has 0 spiro atoms. The van der Waals surface area contributed by atoms with Crippen LogP contribution in [0.3, 0.4) is 0 Å². The van der Waals surface area contributed by atoms with Crippen LogP contribution < -0.4 is 5.32 Å². The van der Waals surface area contributed by atoms with Crippen molar-refractivity contribution in [3.05, 3.63) is 23.5 Å². The highest BCUT2D eigenvalue weighted by molar-refractivity contribution is 5.84. The van der Waals surface area contributed by atoms with Gasteiger partial charge in [0.1, 0.15) is 12.1 Å². The molecule has 1 aliphatic rings. The molecule has 0 aliphatic carbocycles. The molecule has 0 amide bonds. The summed E-state index contributed by atoms with van der Waals surface area (Å²) in [4.78, 5) is 20.9. The Kier molecular flexibility index (Phi) is 1.70. The van der Waals surface area contributed by atoms with E-state index in [2.05, 4.69) is 10.4 Å². The van der Waals surface area contributed by atoms with Gasteiger partial charge in [-0.3, -0.25) is 9.59 Å². The Morgan fingerprint density at radius 1 is 1.46 bits per heavy atom. The fourth-order valence-electron chi connectivity index (χ4n) is 1.21. The molecular formula is C8H7N3O2. The van der Waals surface area contributed by atoms with E-state index < -0.39 is 0 Å². The summed E-state index contributed by atoms with van der Waals surface area (Å²) in [7, 11) is 0. The summed E-state index contributed by atoms with van der Waals surface area (Å²) in [5, 5.41) is 6.79. The minimum absolute atomic E-state index is 0.416. The maximum atomic E-state index is 10.5. The van der Waals surface area contributed by atoms with Crippen molar-refractivity contribution in [2.75, 3.05) is 5.32 Å². The molecule has 2 heterocycles. The highest BCUT2D eigenvalue weighted by Crippen LogP contribution is 2.18. The average Bonchev–Trinajstić information content (AvgIpc) is 2.59. The third-order valence-electron chi connectivity index (χ3n) is 1.87. The van der Waals surface area contributed by atoms with E-state index in [1.165, 1.54) is 6.20 Å². The first kappa shape index (κ1) is 7.72. The Labute approximate surface area is 74.0 Å². The van der Waals surface area contributed by atoms with E-state index in [9.17, 15) is 9.59 Å². The third-order valence-corrected chi connectivity index (χ3v) is 1.87. The molecule has 5 heteroatoms. The first-order chi connectivity index (χ1) is 6.35. The summed E-state index contributed by atoms with van der Waals surface area (Å²) in [6.07, 6.45) is 4.54. The van der Waals surface area contributed by atoms with Crippen LogP contribution in [0.1, 0.15) is 10.4 Å². The van der Waals surface area contributed by atoms with Gasteiger partial charge in [-0.25, -0.2) is 4.68 Å². The molecular weight excluding hydrogens is 170 g/mol. The van der Waals surface area contributed by atoms with Crippen molar-refractivity contribution in [3.8, 4) is 0 Å². The fourth-order valence-corrected chi connectivity index (χ4v) is 1.21. The number of aromatic nitrogens is 2. The number of aldehydes is 2. The highest BCUT2D eigenvalue weighted by atomic mass is 16.1. The molecule has 0 atom stereocenters. The normalized spacial score (nSPS) is 14.0. The standard InChI is InChI=1S/C8H7N3O2/c12-4-6-1-9-8-7(5-13)2-10-11(8)3-6/h1-2,4-5,9H,3H2. The quantitative estimate of drug-likeness (QED) is 0.655. The smallest absolute Gasteiger partial charge is 0.155 e. The summed E-state index contributed by atoms with van der Waals surface area (Å²) in [5.41, 5.74) is 1.11. The zero-order valence-corrected chi connectivity index (χ0v) is 6.73. The van der Waals surface area contributed by atoms with Crippen LogP contribution in [0.4, 0.5) is 5.82 Å². The third kappa shape index (κ3) is 1.14. The van der Waals surface area contributed by atoms with Crippen LogP contribution in [0.2, 0.25) is 0 Å². The van der Waals surface area contributed by atoms with Gasteiger partial charge in [0.2, 0.25) is 0 Å². The molecule has 5 nitrogen and oxygen atoms in total. The summed E-state index contributed by atoms with van der Waals surface area (Å²) in [6, 6.07) is 0. The number of hydrogen-bond donors (Lipinski definition) is 1. The Hall–Kier alpha value is -1.91. The zero-order chi connectivity index (χ0) is 9.26. The zero-order valence-electron chi connectivity index (χ0n) is 6.73. The number of carbonyl (C=O) groups excluding carboxylic acids is 2. The number of fused-ring (bicyclic) bond motifs is 1. The number of anilines is 1. The lowest BCUT2D eigenvalue weighted by Crippen LogP contribution is -2.14. The summed E-state index contributed by atoms with van der Waals surface area (Å²) in [5.74, 6) is 0.639. The van der Waals surface area contributed by atoms with Crippen molar-refractivity contribution in [1.29, 1.82) is 0 Å². The summed E-state index contributed by atoms with van der Waals surface area (Å²) in [6.45, 7) is 0.416. The van der Waals surface area contributed by atoms with E-state index in [0.717, 1.165) is 12.6 Å². The Balaban J connectivity index is 2.39. The largest absolute Gasteiger partial charge is 0.346 e. The minimum atomic E-state index is 0.416. The van der Waals surface area contributed by atoms with Crippen molar-refractivity contribution in [3.63, 3.8) is 0 Å². The van der Waals surface area contributed by atoms with Gasteiger partial charge in [-0.05, 0) is 0 Å². The second-order valence-corrected chi connectivity index (χ2v) is 2.71. The number of nitrogens with zero attached hydrogens (tertiary/aromatic N) is 2. The SMILES string of the molecule is O=CC1=CNc2c(C=O)cnn2C1. The van der Waals surface area contributed by atoms with E-state index in [0.29, 0.717) is 23.5 Å². The van der Waals surface area contributed by atoms with Gasteiger partial charge in [0, 0.05) is 11.8 Å². The molecule has 0 unspecified atom stereocenters. The Bertz CT molecular complexity index is 392. The van der Waals surface area contributed by atoms with Crippen LogP contribution in [-0.4, -0.2) is 22.4 Å². The van der Waals surface area contributed by atoms with Crippen LogP contribution in [-0.2, 0) is 11.3 Å². The van der Waals surface area contributed by atoms with Crippen molar-refractivity contribution < 1.29 is 9.59 Å². The molecule has 1 N–H and O–H groups in total. The van der Waals surface area contributed by atoms with Crippen molar-refractivity contribution in [2.45, 2.75) is 6.54 Å². The van der Waals surface area contributed by atoms with Gasteiger partial charge >= 0.3 is 0 Å². The molecule has 2 rings (SSSR count). The topological polar surface area (TPSA) is 64.0 Å². The number of allylic oxidation sites excluding steroid dienone is 1. The predicted molar refractivity (Wildman–Crippen MR) is 45.4 cm³/mol. The lowest BCUT2D eigenvalue weighted by Gasteiger charge is -2.13. The second-order valence-electron chi connectivity index (χ2n) is 2.71. The van der Waals surface area contributed by atoms with Crippen molar-refractivity contribution in [1.82, 2.24) is 9.78 Å². The van der Waals surface area contributed by atoms with Crippen LogP contribution in [0.25, 0.3) is 0 Å². The predicted octanol–water partition coefficient (Wildman–Crippen LogP) is 0.204. The van der Waals surface area contributed by atoms with Gasteiger partial charge in [-0.2, -0.15) is 5.10 Å². The lowest BCUT2D eigenvalue weighted by molar-refractivity contribution is -0.105. The molecule has 1 aromatic heterocycles. The van der Waals surface area contributed by atoms with E-state index in [1.807, 2.05) is 0 Å². The van der Waals surface area contributed by atoms with Crippen LogP contribution in [0.5, 0.6) is 0 Å². The lowest BCUT2D eigenvalue weighted by atomic mass is 10.2. The molecule has 0 bridgehead atoms. The molecule has 0 saturated carbocycles. The number of rotatable bonds is 2. The fraction of sp³-hybridized carbons (Fsp3) is 0.125. The molecule has 13 heavy (non-hydrogen) atoms. The Morgan fingerprint density at radius 2 is 2.31 bits per heavy atom. The van der Waals surface area contributed by atoms with Gasteiger partial charge in [0.05, 0.1) is 18.3 Å². The van der Waals surface area contributed by atoms with Crippen molar-refractivity contribution in [2.24, 2.45) is 0 Å². The van der Waals surface area contributed by atoms with E-state index in [4.69, 9.17) is 0 Å². The first-order valence-electron chi connectivity index (χ1n) is 3.77. The molecule has 0 fully saturated rings. The molecule has 0 radical (unpaired) electrons. The molecule has 1 aliphatic heterocycles. The summed E-state index contributed by atoms with van der Waals surface area (Å²) >= 11 is 0. The monoisotopic (exact) mass is 177 g/mol. The maximum absolute atomic E-state index is 10.5. The number of nitrogens with one attached hydrogen (secondary N) is 1. The highest BCUT2D eigenvalue weighted by Gasteiger charge is 2.14. The maximum Gasteiger partial charge on any atom is 0.155 e. The van der Waals surface area contributed by atoms with Gasteiger partial charge in [0.15, 0.2) is 6.29 Å². The first-order valence-corrected chi connectivity index (χ1v) is 3.77. The number of carbonyl (C=O) groups is 2. The summed E-state index contributed by atoms with van der Waals surface area (Å²) < 4.78 is 1.58. The van der Waals surface area contributed by atoms with E-state index in [1.54, 1.807) is 10.9 Å². The van der Waals surface area contributed by atoms with Crippen LogP contribution in [0, 0.1) is 0 Å². The van der Waals surface area contributed by atoms with E-state index in [-0.39, 0.29) is 0 Å². The second kappa shape index (κ2) is 2.85. The van der Waals surface area contributed by atoms with Crippen LogP contribution in [0.15, 0.2) is 18.0 Å². The number of hydrogen-bond acceptors (Lipinski definition) is 4. The average molecular weight is 177 g/mol. The Morgan fingerprint density at radius 3 is 3.00 bits per heavy atom. The molecule has 0 saturated heterocycles. The molecule has 66 valence electrons. The van der Waals surface area contributed by atoms with Gasteiger partial charge in [-0.1, -0.05) is 0 Å². The minimum Gasteiger partial charge on any atom is -0.346 e. The molecule has 1 aromatic rings. The van der Waals surface area contributed by atoms with Gasteiger partial charge in [-0.15, -0.1) is 0 Å². The van der Waals surface area contributed by atoms with Crippen molar-refractivity contribution >= 4 is 18.4 Å². The van der Waals surface area contributed by atoms with Gasteiger partial charge < -0.3 is 5.32 Å².